The molecule has 3 rings (SSSR count). The van der Waals surface area contributed by atoms with Crippen molar-refractivity contribution in [1.82, 2.24) is 19.7 Å². The number of ether oxygens (including phenoxy) is 2. The van der Waals surface area contributed by atoms with Crippen LogP contribution in [-0.2, 0) is 4.79 Å². The van der Waals surface area contributed by atoms with Gasteiger partial charge in [-0.3, -0.25) is 4.79 Å². The van der Waals surface area contributed by atoms with E-state index in [9.17, 15) is 4.79 Å². The first-order chi connectivity index (χ1) is 13.5. The van der Waals surface area contributed by atoms with Crippen molar-refractivity contribution in [3.05, 3.63) is 47.5 Å². The van der Waals surface area contributed by atoms with E-state index < -0.39 is 0 Å². The Balaban J connectivity index is 1.67. The molecule has 0 saturated heterocycles. The zero-order valence-corrected chi connectivity index (χ0v) is 17.0. The van der Waals surface area contributed by atoms with Gasteiger partial charge in [0.15, 0.2) is 5.82 Å². The zero-order valence-electron chi connectivity index (χ0n) is 15.5. The number of benzene rings is 1. The molecule has 0 spiro atoms. The first kappa shape index (κ1) is 20.0. The molecular weight excluding hydrogens is 402 g/mol. The van der Waals surface area contributed by atoms with Crippen LogP contribution < -0.4 is 14.8 Å². The summed E-state index contributed by atoms with van der Waals surface area (Å²) in [6.45, 7) is 1.93. The molecule has 0 aliphatic heterocycles. The number of amides is 1. The summed E-state index contributed by atoms with van der Waals surface area (Å²) in [5, 5.41) is 8.05. The molecule has 146 valence electrons. The van der Waals surface area contributed by atoms with Gasteiger partial charge in [-0.25, -0.2) is 14.6 Å². The molecular formula is C18H18ClN5O3S. The van der Waals surface area contributed by atoms with E-state index in [1.807, 2.05) is 13.0 Å². The highest BCUT2D eigenvalue weighted by Gasteiger charge is 2.13. The maximum Gasteiger partial charge on any atom is 0.234 e. The molecule has 2 aromatic heterocycles. The lowest BCUT2D eigenvalue weighted by atomic mass is 10.2. The molecule has 1 amide bonds. The van der Waals surface area contributed by atoms with Crippen LogP contribution in [0.25, 0.3) is 5.82 Å². The Morgan fingerprint density at radius 1 is 1.21 bits per heavy atom. The van der Waals surface area contributed by atoms with Gasteiger partial charge in [0, 0.05) is 24.0 Å². The number of carbonyl (C=O) groups excluding carboxylic acids is 1. The second kappa shape index (κ2) is 8.94. The van der Waals surface area contributed by atoms with Crippen molar-refractivity contribution in [3.8, 4) is 17.3 Å². The second-order valence-corrected chi connectivity index (χ2v) is 7.03. The number of hydrogen-bond donors (Lipinski definition) is 1. The van der Waals surface area contributed by atoms with Crippen LogP contribution in [-0.4, -0.2) is 45.6 Å². The molecule has 1 aromatic carbocycles. The number of aryl methyl sites for hydroxylation is 1. The topological polar surface area (TPSA) is 91.2 Å². The molecule has 28 heavy (non-hydrogen) atoms. The highest BCUT2D eigenvalue weighted by Crippen LogP contribution is 2.36. The lowest BCUT2D eigenvalue weighted by Crippen LogP contribution is -2.15. The SMILES string of the molecule is COc1cc(OC)c(NC(=O)CSc2cc(-n3nccc3C)ncn2)cc1Cl. The van der Waals surface area contributed by atoms with Crippen molar-refractivity contribution in [2.24, 2.45) is 0 Å². The Bertz CT molecular complexity index is 995. The molecule has 1 N–H and O–H groups in total. The van der Waals surface area contributed by atoms with Gasteiger partial charge in [0.25, 0.3) is 0 Å². The van der Waals surface area contributed by atoms with Crippen LogP contribution in [0.5, 0.6) is 11.5 Å². The van der Waals surface area contributed by atoms with E-state index in [0.29, 0.717) is 33.1 Å². The minimum Gasteiger partial charge on any atom is -0.495 e. The lowest BCUT2D eigenvalue weighted by Gasteiger charge is -2.13. The summed E-state index contributed by atoms with van der Waals surface area (Å²) in [7, 11) is 3.02. The molecule has 8 nitrogen and oxygen atoms in total. The minimum atomic E-state index is -0.222. The van der Waals surface area contributed by atoms with Gasteiger partial charge < -0.3 is 14.8 Å². The van der Waals surface area contributed by atoms with Gasteiger partial charge >= 0.3 is 0 Å². The van der Waals surface area contributed by atoms with E-state index in [4.69, 9.17) is 21.1 Å². The number of methoxy groups -OCH3 is 2. The minimum absolute atomic E-state index is 0.154. The number of halogens is 1. The molecule has 3 aromatic rings. The van der Waals surface area contributed by atoms with Crippen LogP contribution in [0, 0.1) is 6.92 Å². The van der Waals surface area contributed by atoms with Crippen LogP contribution in [0.15, 0.2) is 41.8 Å². The van der Waals surface area contributed by atoms with Gasteiger partial charge in [-0.1, -0.05) is 23.4 Å². The third-order valence-electron chi connectivity index (χ3n) is 3.78. The zero-order chi connectivity index (χ0) is 20.1. The molecule has 0 bridgehead atoms. The number of carbonyl (C=O) groups is 1. The standard InChI is InChI=1S/C18H18ClN5O3S/c1-11-4-5-22-24(11)16-8-18(21-10-20-16)28-9-17(25)23-13-6-12(19)14(26-2)7-15(13)27-3/h4-8,10H,9H2,1-3H3,(H,23,25). The molecule has 0 aliphatic carbocycles. The van der Waals surface area contributed by atoms with Gasteiger partial charge in [0.05, 0.1) is 30.7 Å². The number of rotatable bonds is 7. The third-order valence-corrected chi connectivity index (χ3v) is 5.00. The average Bonchev–Trinajstić information content (AvgIpc) is 3.13. The Kier molecular flexibility index (Phi) is 6.37. The van der Waals surface area contributed by atoms with E-state index in [-0.39, 0.29) is 11.7 Å². The Hall–Kier alpha value is -2.78. The van der Waals surface area contributed by atoms with E-state index in [1.54, 1.807) is 29.1 Å². The fraction of sp³-hybridized carbons (Fsp3) is 0.222. The normalized spacial score (nSPS) is 10.6. The summed E-state index contributed by atoms with van der Waals surface area (Å²) in [6, 6.07) is 6.87. The summed E-state index contributed by atoms with van der Waals surface area (Å²) < 4.78 is 12.1. The number of anilines is 1. The first-order valence-electron chi connectivity index (χ1n) is 8.19. The van der Waals surface area contributed by atoms with Crippen LogP contribution >= 0.6 is 23.4 Å². The summed E-state index contributed by atoms with van der Waals surface area (Å²) >= 11 is 7.42. The molecule has 0 radical (unpaired) electrons. The maximum absolute atomic E-state index is 12.4. The molecule has 0 unspecified atom stereocenters. The Morgan fingerprint density at radius 3 is 2.68 bits per heavy atom. The van der Waals surface area contributed by atoms with Crippen molar-refractivity contribution in [2.75, 3.05) is 25.3 Å². The predicted molar refractivity (Wildman–Crippen MR) is 108 cm³/mol. The van der Waals surface area contributed by atoms with Crippen molar-refractivity contribution >= 4 is 35.0 Å². The Labute approximate surface area is 171 Å². The quantitative estimate of drug-likeness (QED) is 0.463. The number of hydrogen-bond acceptors (Lipinski definition) is 7. The monoisotopic (exact) mass is 419 g/mol. The van der Waals surface area contributed by atoms with Gasteiger partial charge in [0.1, 0.15) is 22.9 Å². The van der Waals surface area contributed by atoms with Gasteiger partial charge in [0.2, 0.25) is 5.91 Å². The highest BCUT2D eigenvalue weighted by atomic mass is 35.5. The fourth-order valence-corrected chi connectivity index (χ4v) is 3.32. The molecule has 10 heteroatoms. The number of nitrogens with zero attached hydrogens (tertiary/aromatic N) is 4. The smallest absolute Gasteiger partial charge is 0.234 e. The first-order valence-corrected chi connectivity index (χ1v) is 9.55. The average molecular weight is 420 g/mol. The molecule has 2 heterocycles. The third kappa shape index (κ3) is 4.55. The molecule has 0 fully saturated rings. The molecule has 0 atom stereocenters. The van der Waals surface area contributed by atoms with Gasteiger partial charge in [-0.05, 0) is 19.1 Å². The van der Waals surface area contributed by atoms with Crippen molar-refractivity contribution in [1.29, 1.82) is 0 Å². The van der Waals surface area contributed by atoms with Crippen LogP contribution in [0.4, 0.5) is 5.69 Å². The highest BCUT2D eigenvalue weighted by molar-refractivity contribution is 7.99. The van der Waals surface area contributed by atoms with Gasteiger partial charge in [-0.15, -0.1) is 0 Å². The van der Waals surface area contributed by atoms with E-state index in [0.717, 1.165) is 5.69 Å². The lowest BCUT2D eigenvalue weighted by molar-refractivity contribution is -0.113. The van der Waals surface area contributed by atoms with E-state index in [2.05, 4.69) is 20.4 Å². The Morgan fingerprint density at radius 2 is 2.00 bits per heavy atom. The molecule has 0 aliphatic rings. The van der Waals surface area contributed by atoms with Crippen molar-refractivity contribution in [2.45, 2.75) is 11.9 Å². The number of aromatic nitrogens is 4. The number of nitrogens with one attached hydrogen (secondary N) is 1. The van der Waals surface area contributed by atoms with E-state index in [1.165, 1.54) is 32.3 Å². The van der Waals surface area contributed by atoms with Crippen molar-refractivity contribution in [3.63, 3.8) is 0 Å². The summed E-state index contributed by atoms with van der Waals surface area (Å²) in [5.74, 6) is 1.50. The summed E-state index contributed by atoms with van der Waals surface area (Å²) in [4.78, 5) is 20.8. The van der Waals surface area contributed by atoms with Crippen LogP contribution in [0.1, 0.15) is 5.69 Å². The maximum atomic E-state index is 12.4. The summed E-state index contributed by atoms with van der Waals surface area (Å²) in [5.41, 5.74) is 1.42. The second-order valence-electron chi connectivity index (χ2n) is 5.62. The fourth-order valence-electron chi connectivity index (χ4n) is 2.42. The molecule has 0 saturated carbocycles. The van der Waals surface area contributed by atoms with Crippen molar-refractivity contribution < 1.29 is 14.3 Å². The summed E-state index contributed by atoms with van der Waals surface area (Å²) in [6.07, 6.45) is 3.15. The van der Waals surface area contributed by atoms with E-state index >= 15 is 0 Å². The van der Waals surface area contributed by atoms with Crippen LogP contribution in [0.3, 0.4) is 0 Å². The predicted octanol–water partition coefficient (Wildman–Crippen LogP) is 3.37. The van der Waals surface area contributed by atoms with Gasteiger partial charge in [-0.2, -0.15) is 5.10 Å². The number of thioether (sulfide) groups is 1. The largest absolute Gasteiger partial charge is 0.495 e. The van der Waals surface area contributed by atoms with Crippen LogP contribution in [0.2, 0.25) is 5.02 Å².